The summed E-state index contributed by atoms with van der Waals surface area (Å²) in [7, 11) is 0. The number of carbonyl (C=O) groups is 1. The fourth-order valence-corrected chi connectivity index (χ4v) is 4.08. The average molecular weight is 480 g/mol. The molecule has 1 aliphatic heterocycles. The Hall–Kier alpha value is -3.71. The summed E-state index contributed by atoms with van der Waals surface area (Å²) >= 11 is 0. The number of aliphatic imine (C=N–C) groups is 2. The van der Waals surface area contributed by atoms with E-state index in [1.54, 1.807) is 23.0 Å². The summed E-state index contributed by atoms with van der Waals surface area (Å²) in [5, 5.41) is 27.3. The van der Waals surface area contributed by atoms with E-state index in [0.29, 0.717) is 66.5 Å². The largest absolute Gasteiger partial charge is 0.492 e. The first kappa shape index (κ1) is 25.9. The van der Waals surface area contributed by atoms with Gasteiger partial charge in [0, 0.05) is 25.1 Å². The van der Waals surface area contributed by atoms with Gasteiger partial charge < -0.3 is 20.1 Å². The lowest BCUT2D eigenvalue weighted by Gasteiger charge is -2.37. The van der Waals surface area contributed by atoms with Crippen LogP contribution in [0.4, 0.5) is 0 Å². The maximum atomic E-state index is 12.1. The van der Waals surface area contributed by atoms with Gasteiger partial charge in [-0.05, 0) is 39.0 Å². The summed E-state index contributed by atoms with van der Waals surface area (Å²) in [6, 6.07) is 3.68. The van der Waals surface area contributed by atoms with Crippen LogP contribution in [-0.2, 0) is 4.79 Å². The number of aliphatic hydroxyl groups is 1. The highest BCUT2D eigenvalue weighted by Crippen LogP contribution is 2.28. The topological polar surface area (TPSA) is 128 Å². The van der Waals surface area contributed by atoms with E-state index in [1.165, 1.54) is 6.20 Å². The molecule has 1 aliphatic rings. The van der Waals surface area contributed by atoms with Crippen LogP contribution in [0.5, 0.6) is 5.75 Å². The molecule has 1 fully saturated rings. The number of piperidine rings is 1. The standard InChI is InChI=1S/C25H33N7O3/c1-6-35-19-10-20(25-18(11-26)12-29-32(25)14-19)22(27-5)13-28-17(4)31-8-7-21(23(33)15-31)30-24(34)9-16(2)3/h10,12-14,16,21,23,33H,5-9,15H2,1-4H3,(H,30,34)/b22-13-,28-17+/t21-,23-/m0/s1. The highest BCUT2D eigenvalue weighted by Gasteiger charge is 2.29. The number of hydrogen-bond acceptors (Lipinski definition) is 7. The van der Waals surface area contributed by atoms with Crippen molar-refractivity contribution in [3.63, 3.8) is 0 Å². The minimum Gasteiger partial charge on any atom is -0.492 e. The average Bonchev–Trinajstić information content (AvgIpc) is 3.23. The lowest BCUT2D eigenvalue weighted by Crippen LogP contribution is -2.55. The van der Waals surface area contributed by atoms with Crippen LogP contribution < -0.4 is 10.1 Å². The first-order chi connectivity index (χ1) is 16.8. The van der Waals surface area contributed by atoms with Gasteiger partial charge in [-0.3, -0.25) is 9.79 Å². The van der Waals surface area contributed by atoms with E-state index in [4.69, 9.17) is 4.74 Å². The molecule has 2 aromatic rings. The zero-order valence-corrected chi connectivity index (χ0v) is 20.7. The van der Waals surface area contributed by atoms with Gasteiger partial charge in [0.25, 0.3) is 0 Å². The second-order valence-electron chi connectivity index (χ2n) is 8.91. The van der Waals surface area contributed by atoms with E-state index < -0.39 is 6.10 Å². The minimum atomic E-state index is -0.696. The zero-order valence-electron chi connectivity index (χ0n) is 20.7. The molecule has 1 amide bonds. The second kappa shape index (κ2) is 11.6. The lowest BCUT2D eigenvalue weighted by atomic mass is 10.0. The maximum Gasteiger partial charge on any atom is 0.220 e. The van der Waals surface area contributed by atoms with Gasteiger partial charge in [0.15, 0.2) is 0 Å². The molecule has 0 aliphatic carbocycles. The number of carbonyl (C=O) groups excluding carboxylic acids is 1. The summed E-state index contributed by atoms with van der Waals surface area (Å²) in [4.78, 5) is 22.8. The van der Waals surface area contributed by atoms with Crippen LogP contribution in [0.25, 0.3) is 11.2 Å². The number of aromatic nitrogens is 2. The maximum absolute atomic E-state index is 12.1. The number of amidine groups is 1. The second-order valence-corrected chi connectivity index (χ2v) is 8.91. The van der Waals surface area contributed by atoms with Gasteiger partial charge in [0.1, 0.15) is 17.7 Å². The number of β-amino-alcohol motifs (C(OH)–C–C–N with tert-alkyl or cyclic N) is 1. The van der Waals surface area contributed by atoms with E-state index in [0.717, 1.165) is 0 Å². The van der Waals surface area contributed by atoms with Crippen LogP contribution >= 0.6 is 0 Å². The van der Waals surface area contributed by atoms with Crippen molar-refractivity contribution in [3.8, 4) is 11.8 Å². The first-order valence-electron chi connectivity index (χ1n) is 11.8. The smallest absolute Gasteiger partial charge is 0.220 e. The van der Waals surface area contributed by atoms with Crippen molar-refractivity contribution in [2.24, 2.45) is 15.9 Å². The molecule has 2 N–H and O–H groups in total. The van der Waals surface area contributed by atoms with Crippen molar-refractivity contribution in [2.75, 3.05) is 19.7 Å². The van der Waals surface area contributed by atoms with Crippen LogP contribution in [0.15, 0.2) is 34.6 Å². The predicted octanol–water partition coefficient (Wildman–Crippen LogP) is 2.62. The van der Waals surface area contributed by atoms with Gasteiger partial charge in [-0.2, -0.15) is 10.4 Å². The third kappa shape index (κ3) is 6.25. The molecule has 35 heavy (non-hydrogen) atoms. The first-order valence-corrected chi connectivity index (χ1v) is 11.8. The molecule has 0 aromatic carbocycles. The summed E-state index contributed by atoms with van der Waals surface area (Å²) in [5.74, 6) is 1.51. The fourth-order valence-electron chi connectivity index (χ4n) is 4.08. The molecular formula is C25H33N7O3. The van der Waals surface area contributed by atoms with Crippen molar-refractivity contribution in [1.82, 2.24) is 19.8 Å². The number of likely N-dealkylation sites (tertiary alicyclic amines) is 1. The Bertz CT molecular complexity index is 1180. The van der Waals surface area contributed by atoms with Crippen LogP contribution in [0.1, 0.15) is 51.7 Å². The Labute approximate surface area is 205 Å². The van der Waals surface area contributed by atoms with E-state index in [1.807, 2.05) is 32.6 Å². The van der Waals surface area contributed by atoms with Crippen LogP contribution in [0, 0.1) is 17.2 Å². The molecule has 0 bridgehead atoms. The van der Waals surface area contributed by atoms with Gasteiger partial charge in [-0.25, -0.2) is 9.51 Å². The number of aliphatic hydroxyl groups excluding tert-OH is 1. The Morgan fingerprint density at radius 1 is 1.51 bits per heavy atom. The van der Waals surface area contributed by atoms with Gasteiger partial charge in [-0.1, -0.05) is 13.8 Å². The summed E-state index contributed by atoms with van der Waals surface area (Å²) < 4.78 is 7.23. The molecule has 3 heterocycles. The van der Waals surface area contributed by atoms with E-state index >= 15 is 0 Å². The molecule has 3 rings (SSSR count). The minimum absolute atomic E-state index is 0.0373. The molecule has 0 radical (unpaired) electrons. The SMILES string of the molecule is C=N/C(=C\N=C(/C)N1CC[C@H](NC(=O)CC(C)C)[C@@H](O)C1)c1cc(OCC)cn2ncc(C#N)c12. The van der Waals surface area contributed by atoms with Crippen molar-refractivity contribution >= 4 is 29.7 Å². The zero-order chi connectivity index (χ0) is 25.5. The molecule has 1 saturated heterocycles. The molecule has 0 saturated carbocycles. The summed E-state index contributed by atoms with van der Waals surface area (Å²) in [6.45, 7) is 12.9. The van der Waals surface area contributed by atoms with Crippen molar-refractivity contribution in [2.45, 2.75) is 52.7 Å². The lowest BCUT2D eigenvalue weighted by molar-refractivity contribution is -0.123. The van der Waals surface area contributed by atoms with Crippen molar-refractivity contribution in [1.29, 1.82) is 5.26 Å². The molecule has 2 atom stereocenters. The van der Waals surface area contributed by atoms with E-state index in [2.05, 4.69) is 33.2 Å². The molecule has 10 heteroatoms. The Morgan fingerprint density at radius 3 is 2.91 bits per heavy atom. The number of nitrogens with zero attached hydrogens (tertiary/aromatic N) is 6. The molecule has 0 unspecified atom stereocenters. The molecule has 186 valence electrons. The quantitative estimate of drug-likeness (QED) is 0.443. The van der Waals surface area contributed by atoms with Gasteiger partial charge in [-0.15, -0.1) is 0 Å². The van der Waals surface area contributed by atoms with E-state index in [-0.39, 0.29) is 17.9 Å². The van der Waals surface area contributed by atoms with Gasteiger partial charge in [0.05, 0.1) is 54.1 Å². The Morgan fingerprint density at radius 2 is 2.29 bits per heavy atom. The third-order valence-electron chi connectivity index (χ3n) is 5.82. The number of rotatable bonds is 8. The monoisotopic (exact) mass is 479 g/mol. The van der Waals surface area contributed by atoms with Crippen LogP contribution in [0.3, 0.4) is 0 Å². The molecule has 0 spiro atoms. The van der Waals surface area contributed by atoms with Crippen molar-refractivity contribution in [3.05, 3.63) is 35.8 Å². The number of fused-ring (bicyclic) bond motifs is 1. The number of nitriles is 1. The Kier molecular flexibility index (Phi) is 8.60. The normalized spacial score (nSPS) is 19.1. The molecule has 2 aromatic heterocycles. The highest BCUT2D eigenvalue weighted by molar-refractivity contribution is 5.86. The van der Waals surface area contributed by atoms with Gasteiger partial charge in [0.2, 0.25) is 5.91 Å². The van der Waals surface area contributed by atoms with Crippen molar-refractivity contribution < 1.29 is 14.6 Å². The summed E-state index contributed by atoms with van der Waals surface area (Å²) in [6.07, 6.45) is 5.16. The van der Waals surface area contributed by atoms with Crippen LogP contribution in [-0.4, -0.2) is 69.9 Å². The highest BCUT2D eigenvalue weighted by atomic mass is 16.5. The number of ether oxygens (including phenoxy) is 1. The molecular weight excluding hydrogens is 446 g/mol. The van der Waals surface area contributed by atoms with Gasteiger partial charge >= 0.3 is 0 Å². The number of hydrogen-bond donors (Lipinski definition) is 2. The fraction of sp³-hybridized carbons (Fsp3) is 0.480. The summed E-state index contributed by atoms with van der Waals surface area (Å²) in [5.41, 5.74) is 2.09. The van der Waals surface area contributed by atoms with Crippen LogP contribution in [0.2, 0.25) is 0 Å². The number of amides is 1. The number of nitrogens with one attached hydrogen (secondary N) is 1. The predicted molar refractivity (Wildman–Crippen MR) is 135 cm³/mol. The number of pyridine rings is 1. The third-order valence-corrected chi connectivity index (χ3v) is 5.82. The van der Waals surface area contributed by atoms with E-state index in [9.17, 15) is 15.2 Å². The Balaban J connectivity index is 1.81. The molecule has 10 nitrogen and oxygen atoms in total.